The molecule has 1 nitrogen and oxygen atoms in total. The predicted molar refractivity (Wildman–Crippen MR) is 79.3 cm³/mol. The van der Waals surface area contributed by atoms with Gasteiger partial charge in [-0.25, -0.2) is 0 Å². The second-order valence-electron chi connectivity index (χ2n) is 7.34. The minimum absolute atomic E-state index is 0.381. The lowest BCUT2D eigenvalue weighted by atomic mass is 9.59. The minimum atomic E-state index is 0.381. The topological polar surface area (TPSA) is 12.0 Å². The zero-order valence-electron chi connectivity index (χ0n) is 13.5. The molecule has 2 atom stereocenters. The number of unbranched alkanes of at least 4 members (excludes halogenated alkanes) is 1. The molecule has 0 aliphatic rings. The van der Waals surface area contributed by atoms with Crippen molar-refractivity contribution in [1.29, 1.82) is 0 Å². The molecule has 0 aromatic carbocycles. The standard InChI is InChI=1S/C16H35N/c1-13(11-9-10-12-17-8)14(2)16(6,7)15(3,4)5/h13-14,17H,9-12H2,1-8H3. The zero-order chi connectivity index (χ0) is 13.7. The van der Waals surface area contributed by atoms with Gasteiger partial charge in [-0.3, -0.25) is 0 Å². The fourth-order valence-electron chi connectivity index (χ4n) is 2.41. The molecule has 0 saturated carbocycles. The zero-order valence-corrected chi connectivity index (χ0v) is 13.5. The lowest BCUT2D eigenvalue weighted by molar-refractivity contribution is 0.0316. The molecule has 0 rings (SSSR count). The van der Waals surface area contributed by atoms with E-state index < -0.39 is 0 Å². The molecule has 0 fully saturated rings. The first-order valence-corrected chi connectivity index (χ1v) is 7.29. The smallest absolute Gasteiger partial charge is 0.00519 e. The minimum Gasteiger partial charge on any atom is -0.320 e. The lowest BCUT2D eigenvalue weighted by Crippen LogP contribution is -2.38. The van der Waals surface area contributed by atoms with E-state index in [-0.39, 0.29) is 0 Å². The lowest BCUT2D eigenvalue weighted by Gasteiger charge is -2.46. The average molecular weight is 241 g/mol. The van der Waals surface area contributed by atoms with E-state index in [0.717, 1.165) is 18.4 Å². The highest BCUT2D eigenvalue weighted by Crippen LogP contribution is 2.47. The molecule has 0 radical (unpaired) electrons. The van der Waals surface area contributed by atoms with Crippen LogP contribution >= 0.6 is 0 Å². The number of rotatable bonds is 7. The fourth-order valence-corrected chi connectivity index (χ4v) is 2.41. The molecule has 0 heterocycles. The Hall–Kier alpha value is -0.0400. The Balaban J connectivity index is 4.25. The van der Waals surface area contributed by atoms with Crippen molar-refractivity contribution in [2.75, 3.05) is 13.6 Å². The Bertz CT molecular complexity index is 200. The quantitative estimate of drug-likeness (QED) is 0.636. The third kappa shape index (κ3) is 4.99. The van der Waals surface area contributed by atoms with E-state index in [1.54, 1.807) is 0 Å². The highest BCUT2D eigenvalue weighted by atomic mass is 14.8. The Kier molecular flexibility index (Phi) is 6.76. The molecule has 0 aromatic rings. The van der Waals surface area contributed by atoms with Gasteiger partial charge < -0.3 is 5.32 Å². The average Bonchev–Trinajstić information content (AvgIpc) is 2.21. The Morgan fingerprint density at radius 2 is 1.47 bits per heavy atom. The largest absolute Gasteiger partial charge is 0.320 e. The fraction of sp³-hybridized carbons (Fsp3) is 1.00. The Morgan fingerprint density at radius 1 is 0.941 bits per heavy atom. The van der Waals surface area contributed by atoms with Crippen LogP contribution in [0.4, 0.5) is 0 Å². The Morgan fingerprint density at radius 3 is 1.88 bits per heavy atom. The van der Waals surface area contributed by atoms with Gasteiger partial charge >= 0.3 is 0 Å². The summed E-state index contributed by atoms with van der Waals surface area (Å²) in [6.07, 6.45) is 4.03. The van der Waals surface area contributed by atoms with Gasteiger partial charge in [-0.1, -0.05) is 61.3 Å². The van der Waals surface area contributed by atoms with E-state index in [1.165, 1.54) is 19.3 Å². The second-order valence-corrected chi connectivity index (χ2v) is 7.34. The molecule has 0 bridgehead atoms. The van der Waals surface area contributed by atoms with Crippen LogP contribution in [0.1, 0.15) is 67.7 Å². The third-order valence-corrected chi connectivity index (χ3v) is 5.26. The molecule has 0 aliphatic carbocycles. The van der Waals surface area contributed by atoms with Crippen LogP contribution in [0.25, 0.3) is 0 Å². The summed E-state index contributed by atoms with van der Waals surface area (Å²) in [5.41, 5.74) is 0.779. The van der Waals surface area contributed by atoms with Crippen LogP contribution in [0.5, 0.6) is 0 Å². The Labute approximate surface area is 110 Å². The van der Waals surface area contributed by atoms with Crippen molar-refractivity contribution in [3.63, 3.8) is 0 Å². The van der Waals surface area contributed by atoms with Gasteiger partial charge in [0, 0.05) is 0 Å². The van der Waals surface area contributed by atoms with Crippen LogP contribution in [0.2, 0.25) is 0 Å². The molecule has 0 aliphatic heterocycles. The highest BCUT2D eigenvalue weighted by Gasteiger charge is 2.39. The number of hydrogen-bond donors (Lipinski definition) is 1. The van der Waals surface area contributed by atoms with Crippen molar-refractivity contribution in [2.45, 2.75) is 67.7 Å². The highest BCUT2D eigenvalue weighted by molar-refractivity contribution is 4.88. The molecular weight excluding hydrogens is 206 g/mol. The predicted octanol–water partition coefficient (Wildman–Crippen LogP) is 4.72. The number of hydrogen-bond acceptors (Lipinski definition) is 1. The van der Waals surface area contributed by atoms with Crippen LogP contribution in [-0.2, 0) is 0 Å². The first kappa shape index (κ1) is 17.0. The van der Waals surface area contributed by atoms with Crippen LogP contribution in [0.15, 0.2) is 0 Å². The maximum absolute atomic E-state index is 3.23. The summed E-state index contributed by atoms with van der Waals surface area (Å²) in [5, 5.41) is 3.23. The second kappa shape index (κ2) is 6.78. The van der Waals surface area contributed by atoms with Crippen LogP contribution in [0.3, 0.4) is 0 Å². The van der Waals surface area contributed by atoms with Crippen molar-refractivity contribution in [3.05, 3.63) is 0 Å². The van der Waals surface area contributed by atoms with Gasteiger partial charge in [0.2, 0.25) is 0 Å². The van der Waals surface area contributed by atoms with E-state index >= 15 is 0 Å². The van der Waals surface area contributed by atoms with Gasteiger partial charge in [-0.15, -0.1) is 0 Å². The van der Waals surface area contributed by atoms with E-state index in [0.29, 0.717) is 10.8 Å². The third-order valence-electron chi connectivity index (χ3n) is 5.26. The SMILES string of the molecule is CNCCCCC(C)C(C)C(C)(C)C(C)(C)C. The van der Waals surface area contributed by atoms with Crippen LogP contribution in [-0.4, -0.2) is 13.6 Å². The van der Waals surface area contributed by atoms with Gasteiger partial charge in [0.15, 0.2) is 0 Å². The summed E-state index contributed by atoms with van der Waals surface area (Å²) in [6, 6.07) is 0. The summed E-state index contributed by atoms with van der Waals surface area (Å²) in [7, 11) is 2.04. The van der Waals surface area contributed by atoms with Gasteiger partial charge in [0.05, 0.1) is 0 Å². The summed E-state index contributed by atoms with van der Waals surface area (Å²) >= 11 is 0. The van der Waals surface area contributed by atoms with Gasteiger partial charge in [0.1, 0.15) is 0 Å². The molecule has 1 heteroatoms. The molecule has 0 aromatic heterocycles. The molecule has 0 spiro atoms. The first-order valence-electron chi connectivity index (χ1n) is 7.29. The van der Waals surface area contributed by atoms with Gasteiger partial charge in [-0.2, -0.15) is 0 Å². The molecule has 104 valence electrons. The van der Waals surface area contributed by atoms with Crippen molar-refractivity contribution in [1.82, 2.24) is 5.32 Å². The summed E-state index contributed by atoms with van der Waals surface area (Å²) in [5.74, 6) is 1.60. The van der Waals surface area contributed by atoms with E-state index in [1.807, 2.05) is 7.05 Å². The first-order chi connectivity index (χ1) is 7.64. The molecule has 17 heavy (non-hydrogen) atoms. The van der Waals surface area contributed by atoms with E-state index in [4.69, 9.17) is 0 Å². The summed E-state index contributed by atoms with van der Waals surface area (Å²) in [4.78, 5) is 0. The monoisotopic (exact) mass is 241 g/mol. The summed E-state index contributed by atoms with van der Waals surface area (Å²) < 4.78 is 0. The maximum atomic E-state index is 3.23. The molecule has 2 unspecified atom stereocenters. The maximum Gasteiger partial charge on any atom is -0.00519 e. The van der Waals surface area contributed by atoms with Crippen LogP contribution < -0.4 is 5.32 Å². The summed E-state index contributed by atoms with van der Waals surface area (Å²) in [6.45, 7) is 18.0. The van der Waals surface area contributed by atoms with Crippen molar-refractivity contribution < 1.29 is 0 Å². The van der Waals surface area contributed by atoms with Gasteiger partial charge in [-0.05, 0) is 42.7 Å². The van der Waals surface area contributed by atoms with E-state index in [2.05, 4.69) is 53.8 Å². The molecule has 0 saturated heterocycles. The number of nitrogens with one attached hydrogen (secondary N) is 1. The molecule has 0 amide bonds. The van der Waals surface area contributed by atoms with Crippen molar-refractivity contribution in [3.8, 4) is 0 Å². The van der Waals surface area contributed by atoms with Gasteiger partial charge in [0.25, 0.3) is 0 Å². The molecular formula is C16H35N. The van der Waals surface area contributed by atoms with E-state index in [9.17, 15) is 0 Å². The molecule has 1 N–H and O–H groups in total. The van der Waals surface area contributed by atoms with Crippen LogP contribution in [0, 0.1) is 22.7 Å². The van der Waals surface area contributed by atoms with Crippen molar-refractivity contribution in [2.24, 2.45) is 22.7 Å². The van der Waals surface area contributed by atoms with Crippen molar-refractivity contribution >= 4 is 0 Å². The normalized spacial score (nSPS) is 16.9.